The van der Waals surface area contributed by atoms with Crippen LogP contribution in [0.15, 0.2) is 77.3 Å². The molecule has 0 amide bonds. The lowest BCUT2D eigenvalue weighted by atomic mass is 9.64. The van der Waals surface area contributed by atoms with Gasteiger partial charge in [0.05, 0.1) is 11.4 Å². The van der Waals surface area contributed by atoms with Crippen LogP contribution in [0.4, 0.5) is 0 Å². The fraction of sp³-hybridized carbons (Fsp3) is 0.452. The molecule has 1 unspecified atom stereocenters. The normalized spacial score (nSPS) is 31.8. The van der Waals surface area contributed by atoms with Crippen LogP contribution in [0.1, 0.15) is 103 Å². The van der Waals surface area contributed by atoms with E-state index in [2.05, 4.69) is 29.8 Å². The third-order valence-electron chi connectivity index (χ3n) is 12.3. The molecule has 5 aliphatic heterocycles. The molecule has 7 N–H and O–H groups in total. The number of phenolic OH excluding ortho intramolecular Hbond substituents is 1. The number of hydrogen-bond donors (Lipinski definition) is 5. The first-order valence-corrected chi connectivity index (χ1v) is 20.2. The molecule has 0 radical (unpaired) electrons. The number of allylic oxidation sites excluding steroid dienone is 1. The molecule has 0 spiro atoms. The van der Waals surface area contributed by atoms with Gasteiger partial charge < -0.3 is 31.2 Å². The van der Waals surface area contributed by atoms with Crippen LogP contribution in [0.3, 0.4) is 0 Å². The number of aryl methyl sites for hydroxylation is 1. The number of benzene rings is 3. The first kappa shape index (κ1) is 35.7. The standard InChI is InChI=1S/C42H47N3O7S/c1-23-5-6-28-18-32-12-14-34(28)36(23)21-38(53(48,49)50)37-20-30-16-29(39(37)25-7-9-26(10-8-25)41(52-32)45-42(43)44)19-33-15-24(22-46)3-2-4-27-17-31(47)11-13-35(27)40(30)51-33/h7-14,17-18,20,23-24,29,33,36-41,46-47H,3,5-6,15-16,19,21-22H2,1H3,(H4,43,44,45)(H,48,49,50)/t23-,24-,29+,33-,36-,37?,38+,39+,40+,41-/m0/s1. The summed E-state index contributed by atoms with van der Waals surface area (Å²) in [5.41, 5.74) is 18.0. The lowest BCUT2D eigenvalue weighted by Gasteiger charge is -2.42. The fourth-order valence-corrected chi connectivity index (χ4v) is 10.9. The number of rotatable bonds is 3. The number of aliphatic imine (C=N–C) groups is 1. The van der Waals surface area contributed by atoms with Crippen molar-refractivity contribution in [1.82, 2.24) is 0 Å². The van der Waals surface area contributed by atoms with Crippen LogP contribution in [-0.2, 0) is 21.3 Å². The van der Waals surface area contributed by atoms with Crippen LogP contribution in [-0.4, -0.2) is 47.1 Å². The number of ether oxygens (including phenoxy) is 2. The molecule has 5 heterocycles. The number of fused-ring (bicyclic) bond motifs is 9. The quantitative estimate of drug-likeness (QED) is 0.0709. The fourth-order valence-electron chi connectivity index (χ4n) is 9.81. The molecule has 0 aromatic heterocycles. The minimum Gasteiger partial charge on any atom is -0.508 e. The number of nitrogens with zero attached hydrogens (tertiary/aromatic N) is 1. The lowest BCUT2D eigenvalue weighted by molar-refractivity contribution is -0.0131. The third-order valence-corrected chi connectivity index (χ3v) is 13.6. The molecule has 11 heteroatoms. The summed E-state index contributed by atoms with van der Waals surface area (Å²) in [5, 5.41) is 19.7. The SMILES string of the molecule is C[C@H]1CCc2cc3ccc2[C@H]1C[C@@H](S(=O)(=O)O)C1C=C2C[C@H](C[C@@H]4C[C@@H](CO)CC#Cc5cc(O)ccc5[C@@H]2O4)[C@H]1c1ccc(cc1)[C@@H](N=C(N)N)O3. The zero-order valence-corrected chi connectivity index (χ0v) is 30.6. The van der Waals surface area contributed by atoms with Crippen molar-refractivity contribution in [1.29, 1.82) is 0 Å². The highest BCUT2D eigenvalue weighted by atomic mass is 32.2. The average Bonchev–Trinajstić information content (AvgIpc) is 3.25. The van der Waals surface area contributed by atoms with Crippen molar-refractivity contribution in [3.8, 4) is 23.3 Å². The number of aliphatic hydroxyl groups is 1. The summed E-state index contributed by atoms with van der Waals surface area (Å²) in [4.78, 5) is 4.43. The maximum absolute atomic E-state index is 13.9. The first-order chi connectivity index (χ1) is 25.4. The highest BCUT2D eigenvalue weighted by Crippen LogP contribution is 2.54. The summed E-state index contributed by atoms with van der Waals surface area (Å²) in [5.74, 6) is 6.08. The number of hydrogen-bond acceptors (Lipinski definition) is 7. The van der Waals surface area contributed by atoms with Crippen molar-refractivity contribution >= 4 is 16.1 Å². The molecule has 3 aromatic carbocycles. The zero-order chi connectivity index (χ0) is 37.0. The second kappa shape index (κ2) is 14.1. The van der Waals surface area contributed by atoms with Gasteiger partial charge in [0.25, 0.3) is 10.1 Å². The molecule has 7 aliphatic rings. The van der Waals surface area contributed by atoms with Gasteiger partial charge in [-0.1, -0.05) is 61.2 Å². The Morgan fingerprint density at radius 2 is 1.77 bits per heavy atom. The van der Waals surface area contributed by atoms with Gasteiger partial charge in [-0.2, -0.15) is 8.42 Å². The van der Waals surface area contributed by atoms with E-state index in [0.29, 0.717) is 37.0 Å². The maximum Gasteiger partial charge on any atom is 0.268 e. The van der Waals surface area contributed by atoms with E-state index in [1.165, 1.54) is 0 Å². The number of nitrogens with two attached hydrogens (primary N) is 2. The molecular formula is C42H47N3O7S. The van der Waals surface area contributed by atoms with Crippen molar-refractivity contribution in [2.24, 2.45) is 40.1 Å². The van der Waals surface area contributed by atoms with Gasteiger partial charge in [0.2, 0.25) is 6.23 Å². The number of aromatic hydroxyl groups is 1. The summed E-state index contributed by atoms with van der Waals surface area (Å²) < 4.78 is 52.5. The smallest absolute Gasteiger partial charge is 0.268 e. The van der Waals surface area contributed by atoms with Gasteiger partial charge in [-0.05, 0) is 115 Å². The van der Waals surface area contributed by atoms with Gasteiger partial charge in [0.15, 0.2) is 5.96 Å². The van der Waals surface area contributed by atoms with E-state index in [4.69, 9.17) is 20.9 Å². The Morgan fingerprint density at radius 3 is 2.53 bits per heavy atom. The molecule has 1 saturated heterocycles. The highest BCUT2D eigenvalue weighted by molar-refractivity contribution is 7.86. The largest absolute Gasteiger partial charge is 0.508 e. The predicted octanol–water partition coefficient (Wildman–Crippen LogP) is 6.00. The van der Waals surface area contributed by atoms with Crippen molar-refractivity contribution in [2.45, 2.75) is 87.4 Å². The maximum atomic E-state index is 13.9. The number of aliphatic hydroxyl groups excluding tert-OH is 1. The van der Waals surface area contributed by atoms with E-state index in [1.807, 2.05) is 48.5 Å². The van der Waals surface area contributed by atoms with E-state index in [1.54, 1.807) is 12.1 Å². The van der Waals surface area contributed by atoms with Gasteiger partial charge in [0.1, 0.15) is 17.6 Å². The highest BCUT2D eigenvalue weighted by Gasteiger charge is 2.48. The molecule has 53 heavy (non-hydrogen) atoms. The molecule has 10 atom stereocenters. The minimum atomic E-state index is -4.57. The van der Waals surface area contributed by atoms with Crippen LogP contribution < -0.4 is 16.2 Å². The molecule has 3 aromatic rings. The van der Waals surface area contributed by atoms with Gasteiger partial charge in [-0.15, -0.1) is 0 Å². The molecule has 10 bridgehead atoms. The Morgan fingerprint density at radius 1 is 1.00 bits per heavy atom. The molecule has 1 fully saturated rings. The molecular weight excluding hydrogens is 691 g/mol. The zero-order valence-electron chi connectivity index (χ0n) is 29.8. The van der Waals surface area contributed by atoms with E-state index in [0.717, 1.165) is 46.2 Å². The van der Waals surface area contributed by atoms with Crippen molar-refractivity contribution in [2.75, 3.05) is 6.61 Å². The lowest BCUT2D eigenvalue weighted by Crippen LogP contribution is -2.40. The average molecular weight is 738 g/mol. The predicted molar refractivity (Wildman–Crippen MR) is 202 cm³/mol. The van der Waals surface area contributed by atoms with Crippen LogP contribution >= 0.6 is 0 Å². The second-order valence-corrected chi connectivity index (χ2v) is 17.3. The minimum absolute atomic E-state index is 0.0424. The Bertz CT molecular complexity index is 2120. The molecule has 278 valence electrons. The van der Waals surface area contributed by atoms with Crippen LogP contribution in [0.5, 0.6) is 11.5 Å². The Hall–Kier alpha value is -4.34. The monoisotopic (exact) mass is 737 g/mol. The summed E-state index contributed by atoms with van der Waals surface area (Å²) in [6, 6.07) is 18.9. The van der Waals surface area contributed by atoms with Crippen molar-refractivity contribution < 1.29 is 32.7 Å². The Kier molecular flexibility index (Phi) is 9.52. The number of guanidine groups is 1. The summed E-state index contributed by atoms with van der Waals surface area (Å²) in [7, 11) is -4.57. The molecule has 10 rings (SSSR count). The second-order valence-electron chi connectivity index (χ2n) is 15.7. The van der Waals surface area contributed by atoms with Crippen molar-refractivity contribution in [3.05, 3.63) is 106 Å². The molecule has 0 saturated carbocycles. The number of phenols is 1. The van der Waals surface area contributed by atoms with Gasteiger partial charge in [0, 0.05) is 35.6 Å². The van der Waals surface area contributed by atoms with Crippen molar-refractivity contribution in [3.63, 3.8) is 0 Å². The third kappa shape index (κ3) is 7.06. The van der Waals surface area contributed by atoms with Crippen LogP contribution in [0.2, 0.25) is 0 Å². The van der Waals surface area contributed by atoms with E-state index < -0.39 is 33.6 Å². The Balaban J connectivity index is 1.34. The van der Waals surface area contributed by atoms with E-state index in [9.17, 15) is 23.2 Å². The van der Waals surface area contributed by atoms with Crippen LogP contribution in [0.25, 0.3) is 0 Å². The Labute approximate surface area is 311 Å². The topological polar surface area (TPSA) is 178 Å². The van der Waals surface area contributed by atoms with Gasteiger partial charge in [-0.3, -0.25) is 4.55 Å². The van der Waals surface area contributed by atoms with Crippen LogP contribution in [0, 0.1) is 35.5 Å². The summed E-state index contributed by atoms with van der Waals surface area (Å²) in [6.07, 6.45) is 4.73. The summed E-state index contributed by atoms with van der Waals surface area (Å²) >= 11 is 0. The molecule has 2 aliphatic carbocycles. The van der Waals surface area contributed by atoms with E-state index in [-0.39, 0.29) is 60.4 Å². The first-order valence-electron chi connectivity index (χ1n) is 18.7. The van der Waals surface area contributed by atoms with E-state index >= 15 is 0 Å². The molecule has 10 nitrogen and oxygen atoms in total. The summed E-state index contributed by atoms with van der Waals surface area (Å²) in [6.45, 7) is 2.12. The van der Waals surface area contributed by atoms with Gasteiger partial charge in [-0.25, -0.2) is 4.99 Å². The van der Waals surface area contributed by atoms with Gasteiger partial charge >= 0.3 is 0 Å².